The summed E-state index contributed by atoms with van der Waals surface area (Å²) in [6, 6.07) is 16.0. The molecular weight excluding hydrogens is 481 g/mol. The molecule has 1 aliphatic heterocycles. The summed E-state index contributed by atoms with van der Waals surface area (Å²) in [5.74, 6) is 0.529. The monoisotopic (exact) mass is 513 g/mol. The van der Waals surface area contributed by atoms with Gasteiger partial charge >= 0.3 is 0 Å². The standard InChI is InChI=1S/C30H32FN5O2/c1-18(2)38-27-15-21(31)11-13-23(27)24-8-5-7-20-17-32-30(35-28(20)24)33-22-12-10-19(3)25(16-22)34-29(37)26-9-6-14-36(26)4/h5,7-8,10-13,15-18,26H,6,9,14H2,1-4H3,(H,34,37)(H,32,33,35)/t26-/m1/s1. The minimum Gasteiger partial charge on any atom is -0.490 e. The molecule has 38 heavy (non-hydrogen) atoms. The molecule has 1 fully saturated rings. The summed E-state index contributed by atoms with van der Waals surface area (Å²) in [6.07, 6.45) is 3.54. The van der Waals surface area contributed by atoms with Crippen molar-refractivity contribution in [3.8, 4) is 16.9 Å². The van der Waals surface area contributed by atoms with E-state index in [1.165, 1.54) is 12.1 Å². The Hall–Kier alpha value is -4.04. The van der Waals surface area contributed by atoms with Crippen LogP contribution >= 0.6 is 0 Å². The number of amides is 1. The number of hydrogen-bond acceptors (Lipinski definition) is 6. The quantitative estimate of drug-likeness (QED) is 0.302. The minimum absolute atomic E-state index is 0.00978. The number of fused-ring (bicyclic) bond motifs is 1. The Labute approximate surface area is 222 Å². The van der Waals surface area contributed by atoms with Gasteiger partial charge < -0.3 is 15.4 Å². The predicted molar refractivity (Wildman–Crippen MR) is 149 cm³/mol. The number of para-hydroxylation sites is 1. The third-order valence-corrected chi connectivity index (χ3v) is 6.78. The van der Waals surface area contributed by atoms with E-state index in [2.05, 4.69) is 20.5 Å². The van der Waals surface area contributed by atoms with Crippen LogP contribution in [0.2, 0.25) is 0 Å². The molecule has 0 radical (unpaired) electrons. The minimum atomic E-state index is -0.358. The fourth-order valence-corrected chi connectivity index (χ4v) is 4.82. The second-order valence-electron chi connectivity index (χ2n) is 10.0. The van der Waals surface area contributed by atoms with Crippen LogP contribution in [0.25, 0.3) is 22.0 Å². The molecule has 5 rings (SSSR count). The number of likely N-dealkylation sites (tertiary alicyclic amines) is 1. The molecule has 0 bridgehead atoms. The summed E-state index contributed by atoms with van der Waals surface area (Å²) in [5, 5.41) is 7.22. The average Bonchev–Trinajstić information content (AvgIpc) is 3.31. The first-order chi connectivity index (χ1) is 18.3. The maximum absolute atomic E-state index is 14.0. The molecule has 0 aliphatic carbocycles. The lowest BCUT2D eigenvalue weighted by Crippen LogP contribution is -2.37. The van der Waals surface area contributed by atoms with Crippen LogP contribution in [0.5, 0.6) is 5.75 Å². The second kappa shape index (κ2) is 10.8. The summed E-state index contributed by atoms with van der Waals surface area (Å²) in [4.78, 5) is 24.2. The van der Waals surface area contributed by atoms with Crippen LogP contribution in [-0.4, -0.2) is 46.5 Å². The van der Waals surface area contributed by atoms with Crippen LogP contribution in [0.1, 0.15) is 32.3 Å². The number of carbonyl (C=O) groups is 1. The van der Waals surface area contributed by atoms with Gasteiger partial charge in [-0.2, -0.15) is 0 Å². The van der Waals surface area contributed by atoms with Crippen LogP contribution in [0.4, 0.5) is 21.7 Å². The molecule has 0 unspecified atom stereocenters. The third kappa shape index (κ3) is 5.45. The molecule has 0 saturated carbocycles. The molecule has 7 nitrogen and oxygen atoms in total. The predicted octanol–water partition coefficient (Wildman–Crippen LogP) is 6.31. The topological polar surface area (TPSA) is 79.4 Å². The van der Waals surface area contributed by atoms with Crippen molar-refractivity contribution in [2.45, 2.75) is 45.8 Å². The number of nitrogens with zero attached hydrogens (tertiary/aromatic N) is 3. The third-order valence-electron chi connectivity index (χ3n) is 6.78. The lowest BCUT2D eigenvalue weighted by molar-refractivity contribution is -0.119. The Kier molecular flexibility index (Phi) is 7.24. The van der Waals surface area contributed by atoms with Gasteiger partial charge in [0.05, 0.1) is 17.7 Å². The first kappa shape index (κ1) is 25.6. The van der Waals surface area contributed by atoms with Gasteiger partial charge in [-0.25, -0.2) is 14.4 Å². The van der Waals surface area contributed by atoms with E-state index < -0.39 is 0 Å². The molecule has 2 heterocycles. The smallest absolute Gasteiger partial charge is 0.241 e. The lowest BCUT2D eigenvalue weighted by Gasteiger charge is -2.20. The van der Waals surface area contributed by atoms with Crippen molar-refractivity contribution in [2.24, 2.45) is 0 Å². The second-order valence-corrected chi connectivity index (χ2v) is 10.0. The highest BCUT2D eigenvalue weighted by atomic mass is 19.1. The van der Waals surface area contributed by atoms with Crippen molar-refractivity contribution in [3.63, 3.8) is 0 Å². The number of hydrogen-bond donors (Lipinski definition) is 2. The molecule has 3 aromatic carbocycles. The molecule has 4 aromatic rings. The summed E-state index contributed by atoms with van der Waals surface area (Å²) in [6.45, 7) is 6.72. The highest BCUT2D eigenvalue weighted by Crippen LogP contribution is 2.36. The van der Waals surface area contributed by atoms with Gasteiger partial charge in [0.1, 0.15) is 11.6 Å². The molecule has 1 atom stereocenters. The van der Waals surface area contributed by atoms with Gasteiger partial charge in [0.15, 0.2) is 0 Å². The van der Waals surface area contributed by atoms with E-state index in [1.807, 2.05) is 64.2 Å². The molecular formula is C30H32FN5O2. The van der Waals surface area contributed by atoms with Crippen molar-refractivity contribution in [1.29, 1.82) is 0 Å². The first-order valence-corrected chi connectivity index (χ1v) is 12.9. The maximum Gasteiger partial charge on any atom is 0.241 e. The number of likely N-dealkylation sites (N-methyl/N-ethyl adjacent to an activating group) is 1. The SMILES string of the molecule is Cc1ccc(Nc2ncc3cccc(-c4ccc(F)cc4OC(C)C)c3n2)cc1NC(=O)[C@H]1CCCN1C. The number of anilines is 3. The van der Waals surface area contributed by atoms with Crippen molar-refractivity contribution < 1.29 is 13.9 Å². The van der Waals surface area contributed by atoms with Crippen LogP contribution in [0, 0.1) is 12.7 Å². The summed E-state index contributed by atoms with van der Waals surface area (Å²) in [5.41, 5.74) is 4.78. The highest BCUT2D eigenvalue weighted by molar-refractivity contribution is 5.97. The normalized spacial score (nSPS) is 15.7. The van der Waals surface area contributed by atoms with Crippen molar-refractivity contribution >= 4 is 34.1 Å². The van der Waals surface area contributed by atoms with Crippen LogP contribution in [0.3, 0.4) is 0 Å². The van der Waals surface area contributed by atoms with E-state index >= 15 is 0 Å². The molecule has 1 aliphatic rings. The number of rotatable bonds is 7. The van der Waals surface area contributed by atoms with Gasteiger partial charge in [0.25, 0.3) is 0 Å². The molecule has 196 valence electrons. The Morgan fingerprint density at radius 1 is 1.13 bits per heavy atom. The van der Waals surface area contributed by atoms with Gasteiger partial charge in [0, 0.05) is 40.2 Å². The van der Waals surface area contributed by atoms with E-state index in [4.69, 9.17) is 9.72 Å². The average molecular weight is 514 g/mol. The number of halogens is 1. The molecule has 0 spiro atoms. The molecule has 8 heteroatoms. The Balaban J connectivity index is 1.45. The van der Waals surface area contributed by atoms with E-state index in [-0.39, 0.29) is 23.9 Å². The zero-order valence-corrected chi connectivity index (χ0v) is 22.1. The number of aromatic nitrogens is 2. The van der Waals surface area contributed by atoms with Crippen LogP contribution < -0.4 is 15.4 Å². The van der Waals surface area contributed by atoms with Gasteiger partial charge in [-0.05, 0) is 77.0 Å². The summed E-state index contributed by atoms with van der Waals surface area (Å²) < 4.78 is 20.0. The fraction of sp³-hybridized carbons (Fsp3) is 0.300. The highest BCUT2D eigenvalue weighted by Gasteiger charge is 2.28. The van der Waals surface area contributed by atoms with Crippen molar-refractivity contribution in [2.75, 3.05) is 24.2 Å². The van der Waals surface area contributed by atoms with E-state index in [1.54, 1.807) is 12.3 Å². The van der Waals surface area contributed by atoms with Crippen molar-refractivity contribution in [1.82, 2.24) is 14.9 Å². The van der Waals surface area contributed by atoms with Crippen LogP contribution in [-0.2, 0) is 4.79 Å². The number of nitrogens with one attached hydrogen (secondary N) is 2. The summed E-state index contributed by atoms with van der Waals surface area (Å²) >= 11 is 0. The van der Waals surface area contributed by atoms with E-state index in [9.17, 15) is 9.18 Å². The largest absolute Gasteiger partial charge is 0.490 e. The summed E-state index contributed by atoms with van der Waals surface area (Å²) in [7, 11) is 1.98. The molecule has 1 saturated heterocycles. The molecule has 1 amide bonds. The Morgan fingerprint density at radius 3 is 2.74 bits per heavy atom. The van der Waals surface area contributed by atoms with Gasteiger partial charge in [-0.3, -0.25) is 9.69 Å². The number of ether oxygens (including phenoxy) is 1. The zero-order chi connectivity index (χ0) is 26.8. The maximum atomic E-state index is 14.0. The van der Waals surface area contributed by atoms with Gasteiger partial charge in [-0.15, -0.1) is 0 Å². The van der Waals surface area contributed by atoms with Crippen LogP contribution in [0.15, 0.2) is 60.8 Å². The first-order valence-electron chi connectivity index (χ1n) is 12.9. The number of aryl methyl sites for hydroxylation is 1. The van der Waals surface area contributed by atoms with Gasteiger partial charge in [0.2, 0.25) is 11.9 Å². The Bertz CT molecular complexity index is 1490. The molecule has 1 aromatic heterocycles. The zero-order valence-electron chi connectivity index (χ0n) is 22.1. The fourth-order valence-electron chi connectivity index (χ4n) is 4.82. The van der Waals surface area contributed by atoms with E-state index in [0.717, 1.165) is 58.4 Å². The number of carbonyl (C=O) groups excluding carboxylic acids is 1. The number of benzene rings is 3. The molecule has 2 N–H and O–H groups in total. The Morgan fingerprint density at radius 2 is 1.97 bits per heavy atom. The lowest BCUT2D eigenvalue weighted by atomic mass is 10.0. The van der Waals surface area contributed by atoms with E-state index in [0.29, 0.717) is 11.7 Å². The van der Waals surface area contributed by atoms with Crippen molar-refractivity contribution in [3.05, 3.63) is 72.2 Å². The van der Waals surface area contributed by atoms with Gasteiger partial charge in [-0.1, -0.05) is 24.3 Å².